The molecule has 1 atom stereocenters. The highest BCUT2D eigenvalue weighted by Gasteiger charge is 2.20. The zero-order valence-electron chi connectivity index (χ0n) is 11.5. The van der Waals surface area contributed by atoms with Gasteiger partial charge in [-0.3, -0.25) is 9.59 Å². The van der Waals surface area contributed by atoms with E-state index in [2.05, 4.69) is 24.1 Å². The third kappa shape index (κ3) is 2.96. The third-order valence-electron chi connectivity index (χ3n) is 2.93. The van der Waals surface area contributed by atoms with Crippen molar-refractivity contribution in [3.05, 3.63) is 23.2 Å². The lowest BCUT2D eigenvalue weighted by Gasteiger charge is -2.07. The van der Waals surface area contributed by atoms with Gasteiger partial charge in [0.05, 0.1) is 15.2 Å². The van der Waals surface area contributed by atoms with Crippen molar-refractivity contribution < 1.29 is 14.7 Å². The van der Waals surface area contributed by atoms with E-state index in [1.54, 1.807) is 17.4 Å². The fourth-order valence-electron chi connectivity index (χ4n) is 1.63. The predicted octanol–water partition coefficient (Wildman–Crippen LogP) is 3.08. The average Bonchev–Trinajstić information content (AvgIpc) is 2.80. The van der Waals surface area contributed by atoms with Gasteiger partial charge in [0.2, 0.25) is 5.91 Å². The summed E-state index contributed by atoms with van der Waals surface area (Å²) in [7, 11) is 0. The van der Waals surface area contributed by atoms with E-state index in [4.69, 9.17) is 5.11 Å². The summed E-state index contributed by atoms with van der Waals surface area (Å²) in [6.45, 7) is 5.52. The van der Waals surface area contributed by atoms with E-state index >= 15 is 0 Å². The van der Waals surface area contributed by atoms with Crippen LogP contribution < -0.4 is 5.32 Å². The summed E-state index contributed by atoms with van der Waals surface area (Å²) in [6, 6.07) is 5.39. The number of nitrogens with zero attached hydrogens (tertiary/aromatic N) is 1. The minimum Gasteiger partial charge on any atom is -0.481 e. The second kappa shape index (κ2) is 5.58. The molecule has 0 saturated heterocycles. The first-order chi connectivity index (χ1) is 9.38. The lowest BCUT2D eigenvalue weighted by Crippen LogP contribution is -2.26. The smallest absolute Gasteiger partial charge is 0.315 e. The number of carboxylic acid groups (broad SMARTS) is 1. The Morgan fingerprint density at radius 2 is 2.00 bits per heavy atom. The Morgan fingerprint density at radius 1 is 1.30 bits per heavy atom. The fourth-order valence-corrected chi connectivity index (χ4v) is 2.64. The maximum atomic E-state index is 11.7. The lowest BCUT2D eigenvalue weighted by molar-refractivity contribution is -0.144. The largest absolute Gasteiger partial charge is 0.481 e. The molecule has 0 spiro atoms. The number of anilines is 1. The summed E-state index contributed by atoms with van der Waals surface area (Å²) >= 11 is 1.58. The Morgan fingerprint density at radius 3 is 2.60 bits per heavy atom. The molecule has 0 aliphatic heterocycles. The van der Waals surface area contributed by atoms with Crippen LogP contribution in [0.15, 0.2) is 18.2 Å². The van der Waals surface area contributed by atoms with Crippen LogP contribution in [0.4, 0.5) is 5.69 Å². The molecule has 1 unspecified atom stereocenters. The molecule has 0 radical (unpaired) electrons. The molecule has 0 fully saturated rings. The first kappa shape index (κ1) is 14.5. The number of amides is 1. The molecule has 1 aromatic carbocycles. The van der Waals surface area contributed by atoms with Crippen LogP contribution in [0.2, 0.25) is 0 Å². The van der Waals surface area contributed by atoms with Crippen molar-refractivity contribution in [3.8, 4) is 0 Å². The zero-order valence-corrected chi connectivity index (χ0v) is 12.3. The molecule has 0 aliphatic rings. The number of fused-ring (bicyclic) bond motifs is 1. The van der Waals surface area contributed by atoms with Crippen molar-refractivity contribution in [1.82, 2.24) is 4.98 Å². The number of carboxylic acids is 1. The molecular weight excluding hydrogens is 276 g/mol. The number of nitrogens with one attached hydrogen (secondary N) is 1. The number of thiazole rings is 1. The van der Waals surface area contributed by atoms with E-state index in [9.17, 15) is 9.59 Å². The van der Waals surface area contributed by atoms with Crippen molar-refractivity contribution in [3.63, 3.8) is 0 Å². The molecule has 0 saturated carbocycles. The van der Waals surface area contributed by atoms with Gasteiger partial charge < -0.3 is 10.4 Å². The summed E-state index contributed by atoms with van der Waals surface area (Å²) in [6.07, 6.45) is 0. The van der Waals surface area contributed by atoms with Gasteiger partial charge in [-0.05, 0) is 25.1 Å². The first-order valence-electron chi connectivity index (χ1n) is 6.32. The fraction of sp³-hybridized carbons (Fsp3) is 0.357. The maximum Gasteiger partial charge on any atom is 0.315 e. The molecule has 6 heteroatoms. The number of rotatable bonds is 4. The van der Waals surface area contributed by atoms with Crippen molar-refractivity contribution in [1.29, 1.82) is 0 Å². The second-order valence-electron chi connectivity index (χ2n) is 4.94. The number of benzene rings is 1. The monoisotopic (exact) mass is 292 g/mol. The molecule has 0 bridgehead atoms. The highest BCUT2D eigenvalue weighted by molar-refractivity contribution is 7.18. The Bertz CT molecular complexity index is 663. The molecule has 1 heterocycles. The molecule has 1 amide bonds. The van der Waals surface area contributed by atoms with Gasteiger partial charge in [0.1, 0.15) is 5.92 Å². The van der Waals surface area contributed by atoms with E-state index in [1.165, 1.54) is 6.92 Å². The predicted molar refractivity (Wildman–Crippen MR) is 79.1 cm³/mol. The Hall–Kier alpha value is -1.95. The van der Waals surface area contributed by atoms with E-state index < -0.39 is 17.8 Å². The van der Waals surface area contributed by atoms with Crippen LogP contribution >= 0.6 is 11.3 Å². The molecule has 2 aromatic rings. The van der Waals surface area contributed by atoms with E-state index in [0.717, 1.165) is 15.2 Å². The summed E-state index contributed by atoms with van der Waals surface area (Å²) in [5, 5.41) is 12.5. The van der Waals surface area contributed by atoms with E-state index in [-0.39, 0.29) is 0 Å². The molecule has 2 N–H and O–H groups in total. The average molecular weight is 292 g/mol. The van der Waals surface area contributed by atoms with Gasteiger partial charge in [-0.25, -0.2) is 4.98 Å². The van der Waals surface area contributed by atoms with Crippen LogP contribution in [0.3, 0.4) is 0 Å². The Kier molecular flexibility index (Phi) is 4.04. The summed E-state index contributed by atoms with van der Waals surface area (Å²) in [4.78, 5) is 27.0. The van der Waals surface area contributed by atoms with Gasteiger partial charge in [-0.2, -0.15) is 0 Å². The Labute approximate surface area is 120 Å². The van der Waals surface area contributed by atoms with Crippen LogP contribution in [-0.2, 0) is 9.59 Å². The minimum absolute atomic E-state index is 0.359. The van der Waals surface area contributed by atoms with Gasteiger partial charge >= 0.3 is 5.97 Å². The summed E-state index contributed by atoms with van der Waals surface area (Å²) in [5.41, 5.74) is 1.48. The SMILES string of the molecule is CC(C(=O)O)C(=O)Nc1ccc2nc(C(C)C)sc2c1. The van der Waals surface area contributed by atoms with Gasteiger partial charge in [0, 0.05) is 11.6 Å². The summed E-state index contributed by atoms with van der Waals surface area (Å²) in [5.74, 6) is -2.37. The molecule has 2 rings (SSSR count). The van der Waals surface area contributed by atoms with Gasteiger partial charge in [-0.15, -0.1) is 11.3 Å². The van der Waals surface area contributed by atoms with Crippen LogP contribution in [-0.4, -0.2) is 22.0 Å². The van der Waals surface area contributed by atoms with Crippen LogP contribution in [0.25, 0.3) is 10.2 Å². The van der Waals surface area contributed by atoms with Gasteiger partial charge in [-0.1, -0.05) is 13.8 Å². The molecule has 106 valence electrons. The van der Waals surface area contributed by atoms with Crippen LogP contribution in [0.1, 0.15) is 31.7 Å². The molecule has 20 heavy (non-hydrogen) atoms. The minimum atomic E-state index is -1.14. The molecule has 0 aliphatic carbocycles. The maximum absolute atomic E-state index is 11.7. The number of hydrogen-bond donors (Lipinski definition) is 2. The lowest BCUT2D eigenvalue weighted by atomic mass is 10.1. The van der Waals surface area contributed by atoms with E-state index in [1.807, 2.05) is 12.1 Å². The normalized spacial score (nSPS) is 12.6. The van der Waals surface area contributed by atoms with Crippen molar-refractivity contribution in [2.75, 3.05) is 5.32 Å². The Balaban J connectivity index is 2.23. The topological polar surface area (TPSA) is 79.3 Å². The second-order valence-corrected chi connectivity index (χ2v) is 6.00. The number of carbonyl (C=O) groups is 2. The van der Waals surface area contributed by atoms with Crippen molar-refractivity contribution in [2.24, 2.45) is 5.92 Å². The van der Waals surface area contributed by atoms with Gasteiger partial charge in [0.25, 0.3) is 0 Å². The van der Waals surface area contributed by atoms with Gasteiger partial charge in [0.15, 0.2) is 0 Å². The zero-order chi connectivity index (χ0) is 14.9. The number of aliphatic carboxylic acids is 1. The highest BCUT2D eigenvalue weighted by Crippen LogP contribution is 2.29. The number of aromatic nitrogens is 1. The number of carbonyl (C=O) groups excluding carboxylic acids is 1. The van der Waals surface area contributed by atoms with Crippen LogP contribution in [0.5, 0.6) is 0 Å². The highest BCUT2D eigenvalue weighted by atomic mass is 32.1. The van der Waals surface area contributed by atoms with Crippen molar-refractivity contribution >= 4 is 39.1 Å². The molecular formula is C14H16N2O3S. The van der Waals surface area contributed by atoms with Crippen molar-refractivity contribution in [2.45, 2.75) is 26.7 Å². The molecule has 1 aromatic heterocycles. The first-order valence-corrected chi connectivity index (χ1v) is 7.14. The molecule has 5 nitrogen and oxygen atoms in total. The quantitative estimate of drug-likeness (QED) is 0.849. The van der Waals surface area contributed by atoms with E-state index in [0.29, 0.717) is 11.6 Å². The third-order valence-corrected chi connectivity index (χ3v) is 4.25. The standard InChI is InChI=1S/C14H16N2O3S/c1-7(2)13-16-10-5-4-9(6-11(10)20-13)15-12(17)8(3)14(18)19/h4-8H,1-3H3,(H,15,17)(H,18,19). The summed E-state index contributed by atoms with van der Waals surface area (Å²) < 4.78 is 0.981. The number of hydrogen-bond acceptors (Lipinski definition) is 4. The van der Waals surface area contributed by atoms with Crippen LogP contribution in [0, 0.1) is 5.92 Å².